The number of H-pyrrole nitrogens is 1. The number of rotatable bonds is 6. The summed E-state index contributed by atoms with van der Waals surface area (Å²) < 4.78 is 13.6. The molecule has 0 aliphatic heterocycles. The molecule has 1 N–H and O–H groups in total. The van der Waals surface area contributed by atoms with E-state index in [4.69, 9.17) is 18.8 Å². The van der Waals surface area contributed by atoms with Gasteiger partial charge in [-0.05, 0) is 110 Å². The van der Waals surface area contributed by atoms with Gasteiger partial charge in [0.05, 0.1) is 11.2 Å². The molecule has 5 nitrogen and oxygen atoms in total. The van der Waals surface area contributed by atoms with Crippen molar-refractivity contribution >= 4 is 81.6 Å². The number of para-hydroxylation sites is 3. The lowest BCUT2D eigenvalue weighted by atomic mass is 9.96. The van der Waals surface area contributed by atoms with E-state index in [9.17, 15) is 0 Å². The Morgan fingerprint density at radius 1 is 0.359 bits per heavy atom. The van der Waals surface area contributed by atoms with Crippen LogP contribution < -0.4 is 0 Å². The maximum absolute atomic E-state index is 6.70. The van der Waals surface area contributed by atoms with Crippen LogP contribution in [0.4, 0.5) is 0 Å². The first kappa shape index (κ1) is 36.6. The molecule has 0 bridgehead atoms. The minimum Gasteiger partial charge on any atom is -0.456 e. The van der Waals surface area contributed by atoms with Gasteiger partial charge in [-0.1, -0.05) is 140 Å². The van der Waals surface area contributed by atoms with Crippen molar-refractivity contribution in [3.05, 3.63) is 205 Å². The molecule has 4 heterocycles. The van der Waals surface area contributed by atoms with Gasteiger partial charge >= 0.3 is 0 Å². The van der Waals surface area contributed by atoms with Crippen LogP contribution in [0.15, 0.2) is 214 Å². The molecular formula is C58H34BrN3O2. The van der Waals surface area contributed by atoms with E-state index in [1.54, 1.807) is 0 Å². The summed E-state index contributed by atoms with van der Waals surface area (Å²) in [6.07, 6.45) is 0. The average molecular weight is 885 g/mol. The number of nitrogens with zero attached hydrogens (tertiary/aromatic N) is 2. The molecule has 0 saturated carbocycles. The van der Waals surface area contributed by atoms with E-state index < -0.39 is 0 Å². The zero-order valence-corrected chi connectivity index (χ0v) is 35.7. The van der Waals surface area contributed by atoms with Crippen LogP contribution in [0.1, 0.15) is 0 Å². The summed E-state index contributed by atoms with van der Waals surface area (Å²) in [5.74, 6) is 0.635. The molecule has 0 atom stereocenters. The normalized spacial score (nSPS) is 11.8. The molecule has 64 heavy (non-hydrogen) atoms. The number of hydrogen-bond acceptors (Lipinski definition) is 4. The van der Waals surface area contributed by atoms with Gasteiger partial charge in [0, 0.05) is 60.1 Å². The SMILES string of the molecule is Brc1cc(-c2ccc3c(c2)oc2ccccc23)nc(-c2cccc(-c3ccc4oc5c(-c6cccc(-c7cccc8c7[nH]c7ccc(-c9ccccc9)cc78)c6)cccc5c4c3)c2)n1. The van der Waals surface area contributed by atoms with Gasteiger partial charge in [-0.25, -0.2) is 9.97 Å². The number of halogens is 1. The van der Waals surface area contributed by atoms with Crippen LogP contribution in [0, 0.1) is 0 Å². The van der Waals surface area contributed by atoms with E-state index in [0.717, 1.165) is 105 Å². The molecule has 6 heteroatoms. The van der Waals surface area contributed by atoms with Gasteiger partial charge < -0.3 is 13.8 Å². The van der Waals surface area contributed by atoms with Crippen molar-refractivity contribution in [2.45, 2.75) is 0 Å². The second-order valence-electron chi connectivity index (χ2n) is 16.3. The highest BCUT2D eigenvalue weighted by atomic mass is 79.9. The van der Waals surface area contributed by atoms with Crippen LogP contribution in [0.2, 0.25) is 0 Å². The molecule has 0 radical (unpaired) electrons. The molecule has 0 spiro atoms. The van der Waals surface area contributed by atoms with Gasteiger partial charge in [0.2, 0.25) is 0 Å². The Balaban J connectivity index is 0.842. The fourth-order valence-electron chi connectivity index (χ4n) is 9.45. The number of fused-ring (bicyclic) bond motifs is 9. The number of aromatic nitrogens is 3. The van der Waals surface area contributed by atoms with Crippen molar-refractivity contribution in [2.24, 2.45) is 0 Å². The number of furan rings is 2. The number of benzene rings is 9. The van der Waals surface area contributed by atoms with Crippen LogP contribution in [0.3, 0.4) is 0 Å². The van der Waals surface area contributed by atoms with Crippen molar-refractivity contribution in [3.8, 4) is 67.2 Å². The minimum absolute atomic E-state index is 0.635. The molecule has 13 rings (SSSR count). The second kappa shape index (κ2) is 14.5. The summed E-state index contributed by atoms with van der Waals surface area (Å²) in [6.45, 7) is 0. The molecule has 0 saturated heterocycles. The Morgan fingerprint density at radius 2 is 0.984 bits per heavy atom. The largest absolute Gasteiger partial charge is 0.456 e. The van der Waals surface area contributed by atoms with Crippen molar-refractivity contribution in [3.63, 3.8) is 0 Å². The summed E-state index contributed by atoms with van der Waals surface area (Å²) in [5, 5.41) is 6.76. The molecular weight excluding hydrogens is 851 g/mol. The van der Waals surface area contributed by atoms with E-state index in [1.807, 2.05) is 24.3 Å². The highest BCUT2D eigenvalue weighted by Crippen LogP contribution is 2.41. The van der Waals surface area contributed by atoms with Crippen LogP contribution >= 0.6 is 15.9 Å². The Labute approximate surface area is 375 Å². The van der Waals surface area contributed by atoms with E-state index in [-0.39, 0.29) is 0 Å². The molecule has 9 aromatic carbocycles. The van der Waals surface area contributed by atoms with Gasteiger partial charge in [-0.15, -0.1) is 0 Å². The lowest BCUT2D eigenvalue weighted by Gasteiger charge is -2.08. The molecule has 13 aromatic rings. The fraction of sp³-hybridized carbons (Fsp3) is 0. The Bertz CT molecular complexity index is 3990. The van der Waals surface area contributed by atoms with E-state index in [0.29, 0.717) is 10.4 Å². The minimum atomic E-state index is 0.635. The van der Waals surface area contributed by atoms with Gasteiger partial charge in [0.25, 0.3) is 0 Å². The second-order valence-corrected chi connectivity index (χ2v) is 17.2. The van der Waals surface area contributed by atoms with Crippen LogP contribution in [0.25, 0.3) is 133 Å². The van der Waals surface area contributed by atoms with E-state index in [2.05, 4.69) is 197 Å². The molecule has 0 fully saturated rings. The third kappa shape index (κ3) is 6.06. The zero-order chi connectivity index (χ0) is 42.3. The van der Waals surface area contributed by atoms with Crippen molar-refractivity contribution in [2.75, 3.05) is 0 Å². The van der Waals surface area contributed by atoms with Crippen molar-refractivity contribution in [1.29, 1.82) is 0 Å². The average Bonchev–Trinajstić information content (AvgIpc) is 4.05. The highest BCUT2D eigenvalue weighted by Gasteiger charge is 2.17. The van der Waals surface area contributed by atoms with Gasteiger partial charge in [0.15, 0.2) is 5.82 Å². The van der Waals surface area contributed by atoms with E-state index >= 15 is 0 Å². The summed E-state index contributed by atoms with van der Waals surface area (Å²) >= 11 is 3.67. The topological polar surface area (TPSA) is 67.8 Å². The number of hydrogen-bond donors (Lipinski definition) is 1. The summed E-state index contributed by atoms with van der Waals surface area (Å²) in [6, 6.07) is 70.2. The zero-order valence-electron chi connectivity index (χ0n) is 34.1. The Morgan fingerprint density at radius 3 is 1.89 bits per heavy atom. The molecule has 0 unspecified atom stereocenters. The summed E-state index contributed by atoms with van der Waals surface area (Å²) in [4.78, 5) is 13.6. The Kier molecular flexibility index (Phi) is 8.30. The first-order chi connectivity index (χ1) is 31.6. The third-order valence-electron chi connectivity index (χ3n) is 12.5. The molecule has 0 amide bonds. The molecule has 0 aliphatic carbocycles. The smallest absolute Gasteiger partial charge is 0.161 e. The molecule has 300 valence electrons. The predicted molar refractivity (Wildman–Crippen MR) is 266 cm³/mol. The van der Waals surface area contributed by atoms with Crippen molar-refractivity contribution in [1.82, 2.24) is 15.0 Å². The monoisotopic (exact) mass is 883 g/mol. The highest BCUT2D eigenvalue weighted by molar-refractivity contribution is 9.10. The number of aromatic amines is 1. The standard InChI is InChI=1S/C58H34BrN3O2/c59-55-33-51(40-22-25-45-44-16-4-5-21-52(44)63-54(45)32-40)61-58(62-55)41-15-6-12-35(28-41)37-24-27-53-49(31-37)47-20-9-18-43(57(47)64-53)39-14-7-13-38(29-39)42-17-8-19-46-48-30-36(34-10-2-1-3-11-34)23-26-50(48)60-56(42)46/h1-33,60H. The van der Waals surface area contributed by atoms with Crippen LogP contribution in [-0.2, 0) is 0 Å². The van der Waals surface area contributed by atoms with Gasteiger partial charge in [-0.2, -0.15) is 0 Å². The van der Waals surface area contributed by atoms with Crippen LogP contribution in [-0.4, -0.2) is 15.0 Å². The summed E-state index contributed by atoms with van der Waals surface area (Å²) in [5.41, 5.74) is 17.4. The molecule has 0 aliphatic rings. The maximum atomic E-state index is 6.70. The fourth-order valence-corrected chi connectivity index (χ4v) is 9.84. The van der Waals surface area contributed by atoms with E-state index in [1.165, 1.54) is 21.9 Å². The number of nitrogens with one attached hydrogen (secondary N) is 1. The quantitative estimate of drug-likeness (QED) is 0.169. The summed E-state index contributed by atoms with van der Waals surface area (Å²) in [7, 11) is 0. The lowest BCUT2D eigenvalue weighted by Crippen LogP contribution is -1.94. The van der Waals surface area contributed by atoms with Crippen LogP contribution in [0.5, 0.6) is 0 Å². The first-order valence-corrected chi connectivity index (χ1v) is 22.1. The predicted octanol–water partition coefficient (Wildman–Crippen LogP) is 16.7. The van der Waals surface area contributed by atoms with Gasteiger partial charge in [-0.3, -0.25) is 0 Å². The lowest BCUT2D eigenvalue weighted by molar-refractivity contribution is 0.669. The van der Waals surface area contributed by atoms with Gasteiger partial charge in [0.1, 0.15) is 26.9 Å². The third-order valence-corrected chi connectivity index (χ3v) is 13.0. The molecule has 4 aromatic heterocycles. The van der Waals surface area contributed by atoms with Crippen molar-refractivity contribution < 1.29 is 8.83 Å². The first-order valence-electron chi connectivity index (χ1n) is 21.3. The maximum Gasteiger partial charge on any atom is 0.161 e. The Hall–Kier alpha value is -8.06.